The molecule has 0 aromatic heterocycles. The molecule has 2 heterocycles. The van der Waals surface area contributed by atoms with Crippen LogP contribution in [0.4, 0.5) is 0 Å². The average molecular weight is 402 g/mol. The summed E-state index contributed by atoms with van der Waals surface area (Å²) in [5.41, 5.74) is 2.08. The number of benzene rings is 2. The first-order valence-corrected chi connectivity index (χ1v) is 10.5. The van der Waals surface area contributed by atoms with E-state index in [-0.39, 0.29) is 10.9 Å². The van der Waals surface area contributed by atoms with Gasteiger partial charge in [-0.2, -0.15) is 0 Å². The van der Waals surface area contributed by atoms with Crippen molar-refractivity contribution in [3.8, 4) is 11.5 Å². The number of guanidine groups is 1. The maximum atomic E-state index is 12.4. The van der Waals surface area contributed by atoms with Gasteiger partial charge in [-0.1, -0.05) is 23.8 Å². The lowest BCUT2D eigenvalue weighted by molar-refractivity contribution is 0.171. The van der Waals surface area contributed by atoms with E-state index >= 15 is 0 Å². The molecule has 0 saturated heterocycles. The molecule has 0 bridgehead atoms. The maximum Gasteiger partial charge on any atom is 0.264 e. The summed E-state index contributed by atoms with van der Waals surface area (Å²) in [5.74, 6) is 1.76. The third kappa shape index (κ3) is 4.20. The van der Waals surface area contributed by atoms with Crippen LogP contribution in [0.15, 0.2) is 52.4 Å². The molecular weight excluding hydrogens is 380 g/mol. The quantitative estimate of drug-likeness (QED) is 0.804. The topological polar surface area (TPSA) is 92.3 Å². The van der Waals surface area contributed by atoms with Crippen LogP contribution in [0.1, 0.15) is 11.1 Å². The lowest BCUT2D eigenvalue weighted by atomic mass is 10.2. The zero-order valence-electron chi connectivity index (χ0n) is 15.5. The highest BCUT2D eigenvalue weighted by molar-refractivity contribution is 7.90. The summed E-state index contributed by atoms with van der Waals surface area (Å²) in [6.07, 6.45) is 0. The molecule has 2 aromatic carbocycles. The molecule has 0 fully saturated rings. The Balaban J connectivity index is 1.37. The van der Waals surface area contributed by atoms with E-state index in [4.69, 9.17) is 9.47 Å². The largest absolute Gasteiger partial charge is 0.486 e. The van der Waals surface area contributed by atoms with Crippen LogP contribution in [0.2, 0.25) is 0 Å². The van der Waals surface area contributed by atoms with Crippen LogP contribution in [0.25, 0.3) is 0 Å². The molecule has 9 heteroatoms. The van der Waals surface area contributed by atoms with E-state index in [1.807, 2.05) is 25.1 Å². The SMILES string of the molecule is Cc1ccc(S(=O)(=O)NC2=NCN(Cc3ccc4c(c3)OCCO4)CN2)cc1. The van der Waals surface area contributed by atoms with Gasteiger partial charge in [0.25, 0.3) is 10.0 Å². The van der Waals surface area contributed by atoms with Crippen LogP contribution in [-0.2, 0) is 16.6 Å². The summed E-state index contributed by atoms with van der Waals surface area (Å²) in [6.45, 7) is 4.55. The van der Waals surface area contributed by atoms with E-state index in [0.717, 1.165) is 22.6 Å². The molecule has 0 spiro atoms. The predicted octanol–water partition coefficient (Wildman–Crippen LogP) is 1.42. The van der Waals surface area contributed by atoms with Crippen LogP contribution in [0.3, 0.4) is 0 Å². The maximum absolute atomic E-state index is 12.4. The number of ether oxygens (including phenoxy) is 2. The van der Waals surface area contributed by atoms with Crippen LogP contribution >= 0.6 is 0 Å². The van der Waals surface area contributed by atoms with Crippen molar-refractivity contribution in [1.29, 1.82) is 0 Å². The van der Waals surface area contributed by atoms with E-state index in [1.165, 1.54) is 0 Å². The molecule has 0 amide bonds. The Kier molecular flexibility index (Phi) is 5.10. The van der Waals surface area contributed by atoms with Crippen LogP contribution in [0, 0.1) is 6.92 Å². The number of nitrogens with one attached hydrogen (secondary N) is 2. The second kappa shape index (κ2) is 7.69. The van der Waals surface area contributed by atoms with Gasteiger partial charge in [-0.05, 0) is 36.8 Å². The number of hydrogen-bond donors (Lipinski definition) is 2. The fraction of sp³-hybridized carbons (Fsp3) is 0.316. The molecule has 28 heavy (non-hydrogen) atoms. The zero-order valence-corrected chi connectivity index (χ0v) is 16.3. The molecule has 0 atom stereocenters. The molecule has 0 saturated carbocycles. The molecule has 0 radical (unpaired) electrons. The minimum atomic E-state index is -3.66. The molecule has 148 valence electrons. The number of hydrogen-bond acceptors (Lipinski definition) is 7. The summed E-state index contributed by atoms with van der Waals surface area (Å²) in [6, 6.07) is 12.6. The number of fused-ring (bicyclic) bond motifs is 1. The predicted molar refractivity (Wildman–Crippen MR) is 105 cm³/mol. The monoisotopic (exact) mass is 402 g/mol. The van der Waals surface area contributed by atoms with Crippen LogP contribution in [0.5, 0.6) is 11.5 Å². The lowest BCUT2D eigenvalue weighted by Crippen LogP contribution is -2.49. The van der Waals surface area contributed by atoms with Crippen molar-refractivity contribution < 1.29 is 17.9 Å². The van der Waals surface area contributed by atoms with Crippen molar-refractivity contribution >= 4 is 16.0 Å². The Morgan fingerprint density at radius 2 is 1.86 bits per heavy atom. The van der Waals surface area contributed by atoms with Gasteiger partial charge in [-0.15, -0.1) is 0 Å². The first-order chi connectivity index (χ1) is 13.5. The number of rotatable bonds is 4. The molecule has 2 aromatic rings. The van der Waals surface area contributed by atoms with Gasteiger partial charge >= 0.3 is 0 Å². The molecule has 4 rings (SSSR count). The lowest BCUT2D eigenvalue weighted by Gasteiger charge is -2.27. The van der Waals surface area contributed by atoms with Gasteiger partial charge in [0, 0.05) is 6.54 Å². The van der Waals surface area contributed by atoms with E-state index in [1.54, 1.807) is 24.3 Å². The van der Waals surface area contributed by atoms with E-state index < -0.39 is 10.0 Å². The van der Waals surface area contributed by atoms with Gasteiger partial charge in [-0.3, -0.25) is 4.90 Å². The summed E-state index contributed by atoms with van der Waals surface area (Å²) in [4.78, 5) is 6.57. The highest BCUT2D eigenvalue weighted by atomic mass is 32.2. The molecule has 0 unspecified atom stereocenters. The summed E-state index contributed by atoms with van der Waals surface area (Å²) < 4.78 is 38.5. The van der Waals surface area contributed by atoms with Crippen molar-refractivity contribution in [2.75, 3.05) is 26.6 Å². The summed E-state index contributed by atoms with van der Waals surface area (Å²) >= 11 is 0. The fourth-order valence-corrected chi connectivity index (χ4v) is 3.99. The first kappa shape index (κ1) is 18.6. The summed E-state index contributed by atoms with van der Waals surface area (Å²) in [7, 11) is -3.66. The van der Waals surface area contributed by atoms with Crippen molar-refractivity contribution in [3.63, 3.8) is 0 Å². The molecule has 2 aliphatic rings. The third-order valence-electron chi connectivity index (χ3n) is 4.47. The Morgan fingerprint density at radius 3 is 2.57 bits per heavy atom. The number of aryl methyl sites for hydroxylation is 1. The summed E-state index contributed by atoms with van der Waals surface area (Å²) in [5, 5.41) is 3.02. The highest BCUT2D eigenvalue weighted by Gasteiger charge is 2.20. The van der Waals surface area contributed by atoms with Gasteiger partial charge in [0.2, 0.25) is 5.96 Å². The smallest absolute Gasteiger partial charge is 0.264 e. The Labute approximate surface area is 164 Å². The van der Waals surface area contributed by atoms with Gasteiger partial charge in [0.05, 0.1) is 18.2 Å². The molecule has 8 nitrogen and oxygen atoms in total. The van der Waals surface area contributed by atoms with Crippen LogP contribution in [-0.4, -0.2) is 45.8 Å². The Hall–Kier alpha value is -2.78. The van der Waals surface area contributed by atoms with Crippen LogP contribution < -0.4 is 19.5 Å². The molecule has 0 aliphatic carbocycles. The minimum Gasteiger partial charge on any atom is -0.486 e. The van der Waals surface area contributed by atoms with Gasteiger partial charge < -0.3 is 14.8 Å². The fourth-order valence-electron chi connectivity index (χ4n) is 2.99. The van der Waals surface area contributed by atoms with Crippen molar-refractivity contribution in [2.45, 2.75) is 18.4 Å². The normalized spacial score (nSPS) is 16.8. The van der Waals surface area contributed by atoms with Crippen molar-refractivity contribution in [2.24, 2.45) is 4.99 Å². The minimum absolute atomic E-state index is 0.210. The van der Waals surface area contributed by atoms with Crippen molar-refractivity contribution in [3.05, 3.63) is 53.6 Å². The van der Waals surface area contributed by atoms with E-state index in [0.29, 0.717) is 33.1 Å². The number of sulfonamides is 1. The van der Waals surface area contributed by atoms with Gasteiger partial charge in [0.15, 0.2) is 11.5 Å². The highest BCUT2D eigenvalue weighted by Crippen LogP contribution is 2.31. The number of aliphatic imine (C=N–C) groups is 1. The average Bonchev–Trinajstić information content (AvgIpc) is 2.69. The molecular formula is C19H22N4O4S. The standard InChI is InChI=1S/C19H22N4O4S/c1-14-2-5-16(6-3-14)28(24,25)22-19-20-12-23(13-21-19)11-15-4-7-17-18(10-15)27-9-8-26-17/h2-7,10H,8-9,11-13H2,1H3,(H2,20,21,22). The molecule has 2 aliphatic heterocycles. The van der Waals surface area contributed by atoms with E-state index in [2.05, 4.69) is 19.9 Å². The Bertz CT molecular complexity index is 989. The van der Waals surface area contributed by atoms with E-state index in [9.17, 15) is 8.42 Å². The second-order valence-electron chi connectivity index (χ2n) is 6.71. The Morgan fingerprint density at radius 1 is 1.11 bits per heavy atom. The molecule has 2 N–H and O–H groups in total. The number of nitrogens with zero attached hydrogens (tertiary/aromatic N) is 2. The second-order valence-corrected chi connectivity index (χ2v) is 8.39. The third-order valence-corrected chi connectivity index (χ3v) is 5.83. The first-order valence-electron chi connectivity index (χ1n) is 8.98. The zero-order chi connectivity index (χ0) is 19.6. The van der Waals surface area contributed by atoms with Crippen molar-refractivity contribution in [1.82, 2.24) is 14.9 Å². The van der Waals surface area contributed by atoms with Gasteiger partial charge in [-0.25, -0.2) is 18.1 Å². The van der Waals surface area contributed by atoms with Gasteiger partial charge in [0.1, 0.15) is 13.2 Å².